The molecule has 0 aromatic carbocycles. The Morgan fingerprint density at radius 1 is 1.61 bits per heavy atom. The fourth-order valence-corrected chi connectivity index (χ4v) is 1.27. The van der Waals surface area contributed by atoms with Gasteiger partial charge in [-0.1, -0.05) is 0 Å². The zero-order chi connectivity index (χ0) is 14.0. The molecule has 10 nitrogen and oxygen atoms in total. The fourth-order valence-electron chi connectivity index (χ4n) is 1.27. The molecule has 0 aliphatic rings. The van der Waals surface area contributed by atoms with Crippen molar-refractivity contribution >= 4 is 11.7 Å². The van der Waals surface area contributed by atoms with E-state index in [1.54, 1.807) is 0 Å². The van der Waals surface area contributed by atoms with Crippen molar-refractivity contribution in [2.24, 2.45) is 12.8 Å². The standard InChI is InChI=1S/C8H10N4O6/c1-10-3-5(12(17)18)6(13)11(8(10)16)2-4(9)7(14)15/h3-4H,2,9H2,1H3,(H,14,15). The van der Waals surface area contributed by atoms with Crippen molar-refractivity contribution in [2.45, 2.75) is 12.6 Å². The van der Waals surface area contributed by atoms with Crippen LogP contribution >= 0.6 is 0 Å². The summed E-state index contributed by atoms with van der Waals surface area (Å²) in [5, 5.41) is 19.2. The molecule has 0 spiro atoms. The number of rotatable bonds is 4. The predicted octanol–water partition coefficient (Wildman–Crippen LogP) is -2.13. The lowest BCUT2D eigenvalue weighted by molar-refractivity contribution is -0.387. The van der Waals surface area contributed by atoms with Crippen molar-refractivity contribution < 1.29 is 14.8 Å². The Balaban J connectivity index is 3.43. The Morgan fingerprint density at radius 2 is 2.17 bits per heavy atom. The van der Waals surface area contributed by atoms with Gasteiger partial charge in [0.15, 0.2) is 0 Å². The highest BCUT2D eigenvalue weighted by Crippen LogP contribution is 1.99. The highest BCUT2D eigenvalue weighted by atomic mass is 16.6. The van der Waals surface area contributed by atoms with Crippen molar-refractivity contribution in [3.05, 3.63) is 37.1 Å². The van der Waals surface area contributed by atoms with E-state index < -0.39 is 40.4 Å². The molecule has 0 saturated heterocycles. The fraction of sp³-hybridized carbons (Fsp3) is 0.375. The van der Waals surface area contributed by atoms with Crippen molar-refractivity contribution in [1.82, 2.24) is 9.13 Å². The van der Waals surface area contributed by atoms with Crippen LogP contribution in [0.3, 0.4) is 0 Å². The summed E-state index contributed by atoms with van der Waals surface area (Å²) >= 11 is 0. The van der Waals surface area contributed by atoms with E-state index >= 15 is 0 Å². The number of hydrogen-bond donors (Lipinski definition) is 2. The predicted molar refractivity (Wildman–Crippen MR) is 58.2 cm³/mol. The Hall–Kier alpha value is -2.49. The molecule has 1 heterocycles. The van der Waals surface area contributed by atoms with Gasteiger partial charge < -0.3 is 10.8 Å². The second kappa shape index (κ2) is 4.79. The maximum Gasteiger partial charge on any atom is 0.350 e. The SMILES string of the molecule is Cn1cc([N+](=O)[O-])c(=O)n(CC(N)C(=O)O)c1=O. The summed E-state index contributed by atoms with van der Waals surface area (Å²) in [6.45, 7) is -0.636. The van der Waals surface area contributed by atoms with Crippen LogP contribution in [0.2, 0.25) is 0 Å². The average Bonchev–Trinajstić information content (AvgIpc) is 2.28. The van der Waals surface area contributed by atoms with Crippen LogP contribution in [0.4, 0.5) is 5.69 Å². The Bertz CT molecular complexity index is 615. The second-order valence-electron chi connectivity index (χ2n) is 3.53. The third-order valence-corrected chi connectivity index (χ3v) is 2.21. The molecule has 0 aliphatic heterocycles. The lowest BCUT2D eigenvalue weighted by Gasteiger charge is -2.09. The maximum atomic E-state index is 11.6. The van der Waals surface area contributed by atoms with Crippen LogP contribution in [0.5, 0.6) is 0 Å². The first-order valence-corrected chi connectivity index (χ1v) is 4.69. The summed E-state index contributed by atoms with van der Waals surface area (Å²) in [7, 11) is 1.21. The number of aryl methyl sites for hydroxylation is 1. The van der Waals surface area contributed by atoms with Gasteiger partial charge in [-0.25, -0.2) is 4.79 Å². The van der Waals surface area contributed by atoms with Crippen LogP contribution in [0.1, 0.15) is 0 Å². The molecule has 10 heteroatoms. The summed E-state index contributed by atoms with van der Waals surface area (Å²) in [4.78, 5) is 43.4. The van der Waals surface area contributed by atoms with Crippen LogP contribution in [0, 0.1) is 10.1 Å². The van der Waals surface area contributed by atoms with Crippen molar-refractivity contribution in [1.29, 1.82) is 0 Å². The third-order valence-electron chi connectivity index (χ3n) is 2.21. The molecule has 1 rings (SSSR count). The minimum atomic E-state index is -1.50. The highest BCUT2D eigenvalue weighted by molar-refractivity contribution is 5.72. The van der Waals surface area contributed by atoms with Crippen molar-refractivity contribution in [3.63, 3.8) is 0 Å². The number of hydrogen-bond acceptors (Lipinski definition) is 6. The molecule has 0 amide bonds. The largest absolute Gasteiger partial charge is 0.480 e. The van der Waals surface area contributed by atoms with E-state index in [1.165, 1.54) is 7.05 Å². The molecule has 0 radical (unpaired) electrons. The minimum absolute atomic E-state index is 0.428. The number of carboxylic acids is 1. The third kappa shape index (κ3) is 2.43. The summed E-state index contributed by atoms with van der Waals surface area (Å²) in [5.74, 6) is -1.42. The van der Waals surface area contributed by atoms with Gasteiger partial charge in [-0.2, -0.15) is 0 Å². The highest BCUT2D eigenvalue weighted by Gasteiger charge is 2.22. The second-order valence-corrected chi connectivity index (χ2v) is 3.53. The first-order valence-electron chi connectivity index (χ1n) is 4.69. The molecule has 18 heavy (non-hydrogen) atoms. The van der Waals surface area contributed by atoms with Gasteiger partial charge >= 0.3 is 22.9 Å². The molecule has 1 aromatic heterocycles. The van der Waals surface area contributed by atoms with Crippen molar-refractivity contribution in [3.8, 4) is 0 Å². The molecule has 0 saturated carbocycles. The molecular weight excluding hydrogens is 248 g/mol. The van der Waals surface area contributed by atoms with Gasteiger partial charge in [0.1, 0.15) is 6.04 Å². The topological polar surface area (TPSA) is 150 Å². The molecule has 0 aliphatic carbocycles. The van der Waals surface area contributed by atoms with Crippen LogP contribution < -0.4 is 17.0 Å². The number of aromatic nitrogens is 2. The van der Waals surface area contributed by atoms with Gasteiger partial charge in [-0.3, -0.25) is 28.8 Å². The van der Waals surface area contributed by atoms with E-state index in [0.29, 0.717) is 4.57 Å². The average molecular weight is 258 g/mol. The molecular formula is C8H10N4O6. The minimum Gasteiger partial charge on any atom is -0.480 e. The van der Waals surface area contributed by atoms with E-state index in [9.17, 15) is 24.5 Å². The Kier molecular flexibility index (Phi) is 3.61. The molecule has 0 fully saturated rings. The van der Waals surface area contributed by atoms with Crippen molar-refractivity contribution in [2.75, 3.05) is 0 Å². The van der Waals surface area contributed by atoms with E-state index in [0.717, 1.165) is 10.8 Å². The normalized spacial score (nSPS) is 12.1. The molecule has 1 atom stereocenters. The van der Waals surface area contributed by atoms with Gasteiger partial charge in [-0.15, -0.1) is 0 Å². The van der Waals surface area contributed by atoms with Gasteiger partial charge in [0.25, 0.3) is 0 Å². The van der Waals surface area contributed by atoms with Gasteiger partial charge in [0.2, 0.25) is 0 Å². The quantitative estimate of drug-likeness (QED) is 0.462. The molecule has 1 unspecified atom stereocenters. The molecule has 1 aromatic rings. The number of nitro groups is 1. The zero-order valence-electron chi connectivity index (χ0n) is 9.27. The van der Waals surface area contributed by atoms with Crippen LogP contribution in [0.25, 0.3) is 0 Å². The van der Waals surface area contributed by atoms with Gasteiger partial charge in [0, 0.05) is 7.05 Å². The first-order chi connectivity index (χ1) is 8.25. The maximum absolute atomic E-state index is 11.6. The number of carbonyl (C=O) groups is 1. The van der Waals surface area contributed by atoms with Crippen LogP contribution in [0.15, 0.2) is 15.8 Å². The summed E-state index contributed by atoms with van der Waals surface area (Å²) in [6, 6.07) is -1.50. The van der Waals surface area contributed by atoms with E-state index in [2.05, 4.69) is 0 Å². The lowest BCUT2D eigenvalue weighted by atomic mass is 10.3. The van der Waals surface area contributed by atoms with Gasteiger partial charge in [-0.05, 0) is 0 Å². The monoisotopic (exact) mass is 258 g/mol. The molecule has 0 bridgehead atoms. The van der Waals surface area contributed by atoms with Crippen LogP contribution in [-0.2, 0) is 18.4 Å². The summed E-state index contributed by atoms with van der Waals surface area (Å²) in [6.07, 6.45) is 0.771. The van der Waals surface area contributed by atoms with Crippen LogP contribution in [-0.4, -0.2) is 31.2 Å². The molecule has 3 N–H and O–H groups in total. The van der Waals surface area contributed by atoms with E-state index in [-0.39, 0.29) is 0 Å². The molecule has 98 valence electrons. The summed E-state index contributed by atoms with van der Waals surface area (Å²) in [5.41, 5.74) is 2.31. The number of aliphatic carboxylic acids is 1. The lowest BCUT2D eigenvalue weighted by Crippen LogP contribution is -2.46. The van der Waals surface area contributed by atoms with E-state index in [4.69, 9.17) is 10.8 Å². The first kappa shape index (κ1) is 13.6. The van der Waals surface area contributed by atoms with Gasteiger partial charge in [0.05, 0.1) is 17.7 Å². The Labute approximate surface area is 99.0 Å². The van der Waals surface area contributed by atoms with E-state index in [1.807, 2.05) is 0 Å². The number of carboxylic acid groups (broad SMARTS) is 1. The smallest absolute Gasteiger partial charge is 0.350 e. The Morgan fingerprint density at radius 3 is 2.61 bits per heavy atom. The number of nitrogens with zero attached hydrogens (tertiary/aromatic N) is 3. The zero-order valence-corrected chi connectivity index (χ0v) is 9.27. The number of nitrogens with two attached hydrogens (primary N) is 1. The summed E-state index contributed by atoms with van der Waals surface area (Å²) < 4.78 is 1.24.